The molecule has 3 aliphatic heterocycles. The fourth-order valence-corrected chi connectivity index (χ4v) is 13.4. The molecule has 3 aliphatic rings. The average molecular weight is 1280 g/mol. The number of likely N-dealkylation sites (N-methyl/N-ethyl adjacent to an activating group) is 3. The Kier molecular flexibility index (Phi) is 29.4. The lowest BCUT2D eigenvalue weighted by Crippen LogP contribution is -2.59. The van der Waals surface area contributed by atoms with E-state index in [0.717, 1.165) is 17.5 Å². The van der Waals surface area contributed by atoms with E-state index in [4.69, 9.17) is 0 Å². The molecule has 21 nitrogen and oxygen atoms in total. The fraction of sp³-hybridized carbons (Fsp3) is 0.662. The first kappa shape index (κ1) is 75.6. The Morgan fingerprint density at radius 1 is 0.565 bits per heavy atom. The summed E-state index contributed by atoms with van der Waals surface area (Å²) < 4.78 is 0. The first-order valence-electron chi connectivity index (χ1n) is 33.6. The van der Waals surface area contributed by atoms with Crippen LogP contribution in [0.5, 0.6) is 0 Å². The molecular formula is C71H106N8O13. The van der Waals surface area contributed by atoms with Crippen molar-refractivity contribution in [3.63, 3.8) is 0 Å². The molecule has 0 spiro atoms. The zero-order chi connectivity index (χ0) is 68.3. The first-order valence-corrected chi connectivity index (χ1v) is 33.6. The lowest BCUT2D eigenvalue weighted by Gasteiger charge is -2.38. The standard InChI is InChI=1S/C71H106N8O13/c1-14-46(8)53-42-59(82)56(38-50-27-20-16-21-28-50)75(11)67(88)51(37-49-25-18-15-19-26-49)40-61(84)65(45(6)7)77(13)71(92)57(36-44(4)5)76(12)70(91)54(35-43(2)3)73-66(87)47(9)72-63(86)41-52(68(89)78-32-22-17-23-33-78)39-60(83)64(48(10)80)74-62(85)31-30-58(81)55-29-24-34-79(55)69(53)90/h15-16,18-21,25-28,43-48,51-57,64-65,80H,14,17,22-24,29-42H2,1-13H3,(H,72,86)(H,73,87)(H,74,85)/t46-,47-,48+,51+,52-,53-,54-,55-,56-,57-,64-,65-/m0/s1. The summed E-state index contributed by atoms with van der Waals surface area (Å²) in [6, 6.07) is 10.1. The lowest BCUT2D eigenvalue weighted by molar-refractivity contribution is -0.151. The smallest absolute Gasteiger partial charge is 0.245 e. The number of nitrogens with zero attached hydrogens (tertiary/aromatic N) is 5. The molecule has 5 rings (SSSR count). The average Bonchev–Trinajstić information content (AvgIpc) is 1.32. The van der Waals surface area contributed by atoms with Gasteiger partial charge >= 0.3 is 0 Å². The Hall–Kier alpha value is -7.16. The number of benzene rings is 2. The van der Waals surface area contributed by atoms with E-state index in [0.29, 0.717) is 45.2 Å². The van der Waals surface area contributed by atoms with Crippen molar-refractivity contribution in [2.45, 2.75) is 220 Å². The molecule has 0 saturated carbocycles. The normalized spacial score (nSPS) is 27.1. The Labute approximate surface area is 545 Å². The maximum Gasteiger partial charge on any atom is 0.245 e. The molecule has 3 fully saturated rings. The molecule has 12 atom stereocenters. The van der Waals surface area contributed by atoms with Gasteiger partial charge in [-0.2, -0.15) is 0 Å². The number of ketones is 4. The van der Waals surface area contributed by atoms with Gasteiger partial charge in [-0.05, 0) is 106 Å². The molecule has 0 aliphatic carbocycles. The minimum absolute atomic E-state index is 0.0771. The quantitative estimate of drug-likeness (QED) is 0.177. The minimum atomic E-state index is -1.54. The maximum absolute atomic E-state index is 15.5. The molecule has 0 bridgehead atoms. The Bertz CT molecular complexity index is 2880. The SMILES string of the molecule is CC[C@H](C)[C@@H]1CC(=O)[C@H](Cc2ccccc2)N(C)C(=O)[C@H](Cc2ccccc2)CC(=O)[C@H](C(C)C)N(C)C(=O)[C@H](CC(C)C)N(C)C(=O)[C@H](CC(C)C)NC(=O)[C@H](C)NC(=O)C[C@@H](C(=O)N2CCCCC2)CC(=O)[C@H]([C@@H](C)O)NC(=O)CCC(=O)[C@@H]2CCCN2C1=O. The molecule has 4 N–H and O–H groups in total. The van der Waals surface area contributed by atoms with Gasteiger partial charge in [0.25, 0.3) is 0 Å². The third-order valence-electron chi connectivity index (χ3n) is 18.8. The van der Waals surface area contributed by atoms with Gasteiger partial charge in [0.2, 0.25) is 47.3 Å². The predicted molar refractivity (Wildman–Crippen MR) is 350 cm³/mol. The van der Waals surface area contributed by atoms with Crippen LogP contribution in [0.4, 0.5) is 0 Å². The second-order valence-electron chi connectivity index (χ2n) is 27.5. The van der Waals surface area contributed by atoms with Gasteiger partial charge in [0, 0.05) is 91.1 Å². The fourth-order valence-electron chi connectivity index (χ4n) is 13.4. The van der Waals surface area contributed by atoms with E-state index in [1.807, 2.05) is 102 Å². The monoisotopic (exact) mass is 1280 g/mol. The van der Waals surface area contributed by atoms with Gasteiger partial charge in [-0.3, -0.25) is 57.5 Å². The van der Waals surface area contributed by atoms with E-state index in [1.165, 1.54) is 54.6 Å². The Balaban J connectivity index is 1.60. The van der Waals surface area contributed by atoms with Crippen molar-refractivity contribution in [3.05, 3.63) is 71.8 Å². The number of carbonyl (C=O) groups excluding carboxylic acids is 12. The van der Waals surface area contributed by atoms with Crippen LogP contribution in [0.2, 0.25) is 0 Å². The first-order chi connectivity index (χ1) is 43.4. The second kappa shape index (κ2) is 35.8. The summed E-state index contributed by atoms with van der Waals surface area (Å²) in [5.74, 6) is -11.2. The van der Waals surface area contributed by atoms with Crippen LogP contribution >= 0.6 is 0 Å². The number of hydrogen-bond donors (Lipinski definition) is 4. The number of hydrogen-bond acceptors (Lipinski definition) is 13. The van der Waals surface area contributed by atoms with Gasteiger partial charge in [0.15, 0.2) is 23.1 Å². The van der Waals surface area contributed by atoms with Crippen molar-refractivity contribution >= 4 is 70.4 Å². The molecular weight excluding hydrogens is 1170 g/mol. The highest BCUT2D eigenvalue weighted by atomic mass is 16.3. The largest absolute Gasteiger partial charge is 0.391 e. The summed E-state index contributed by atoms with van der Waals surface area (Å²) in [5.41, 5.74) is 1.49. The van der Waals surface area contributed by atoms with Crippen LogP contribution in [-0.2, 0) is 70.4 Å². The molecule has 21 heteroatoms. The van der Waals surface area contributed by atoms with E-state index in [9.17, 15) is 38.7 Å². The number of aliphatic hydroxyl groups is 1. The molecule has 0 radical (unpaired) electrons. The summed E-state index contributed by atoms with van der Waals surface area (Å²) in [4.78, 5) is 183. The molecule has 0 aromatic heterocycles. The van der Waals surface area contributed by atoms with Crippen molar-refractivity contribution in [3.8, 4) is 0 Å². The van der Waals surface area contributed by atoms with Crippen LogP contribution in [0.1, 0.15) is 170 Å². The molecule has 2 aromatic rings. The minimum Gasteiger partial charge on any atom is -0.391 e. The number of amides is 8. The molecule has 508 valence electrons. The second-order valence-corrected chi connectivity index (χ2v) is 27.5. The van der Waals surface area contributed by atoms with Crippen LogP contribution < -0.4 is 16.0 Å². The van der Waals surface area contributed by atoms with Gasteiger partial charge in [-0.25, -0.2) is 0 Å². The predicted octanol–water partition coefficient (Wildman–Crippen LogP) is 6.08. The zero-order valence-electron chi connectivity index (χ0n) is 57.0. The van der Waals surface area contributed by atoms with Crippen LogP contribution in [0, 0.1) is 41.4 Å². The Morgan fingerprint density at radius 2 is 1.15 bits per heavy atom. The summed E-state index contributed by atoms with van der Waals surface area (Å²) in [7, 11) is 4.52. The van der Waals surface area contributed by atoms with Crippen molar-refractivity contribution in [1.82, 2.24) is 40.4 Å². The number of aliphatic hydroxyl groups excluding tert-OH is 1. The highest BCUT2D eigenvalue weighted by molar-refractivity contribution is 6.00. The third-order valence-corrected chi connectivity index (χ3v) is 18.8. The number of fused-ring (bicyclic) bond motifs is 1. The number of rotatable bonds is 13. The van der Waals surface area contributed by atoms with Gasteiger partial charge in [0.05, 0.1) is 30.1 Å². The molecule has 8 amide bonds. The summed E-state index contributed by atoms with van der Waals surface area (Å²) in [6.07, 6.45) is 0.0777. The van der Waals surface area contributed by atoms with Crippen LogP contribution in [0.15, 0.2) is 60.7 Å². The number of nitrogens with one attached hydrogen (secondary N) is 3. The molecule has 2 aromatic carbocycles. The number of piperidine rings is 1. The number of likely N-dealkylation sites (tertiary alicyclic amines) is 1. The van der Waals surface area contributed by atoms with Crippen LogP contribution in [-0.4, -0.2) is 189 Å². The number of carbonyl (C=O) groups is 12. The molecule has 92 heavy (non-hydrogen) atoms. The highest BCUT2D eigenvalue weighted by Crippen LogP contribution is 2.31. The van der Waals surface area contributed by atoms with Crippen molar-refractivity contribution in [1.29, 1.82) is 0 Å². The summed E-state index contributed by atoms with van der Waals surface area (Å²) >= 11 is 0. The van der Waals surface area contributed by atoms with E-state index < -0.39 is 162 Å². The van der Waals surface area contributed by atoms with Gasteiger partial charge < -0.3 is 45.6 Å². The van der Waals surface area contributed by atoms with E-state index in [1.54, 1.807) is 18.7 Å². The topological polar surface area (TPSA) is 277 Å². The Morgan fingerprint density at radius 3 is 1.72 bits per heavy atom. The van der Waals surface area contributed by atoms with Gasteiger partial charge in [0.1, 0.15) is 24.2 Å². The maximum atomic E-state index is 15.5. The van der Waals surface area contributed by atoms with E-state index >= 15 is 24.0 Å². The van der Waals surface area contributed by atoms with Crippen molar-refractivity contribution in [2.75, 3.05) is 40.8 Å². The molecule has 3 saturated heterocycles. The van der Waals surface area contributed by atoms with E-state index in [-0.39, 0.29) is 69.2 Å². The molecule has 0 unspecified atom stereocenters. The highest BCUT2D eigenvalue weighted by Gasteiger charge is 2.44. The summed E-state index contributed by atoms with van der Waals surface area (Å²) in [6.45, 7) is 18.6. The van der Waals surface area contributed by atoms with Crippen LogP contribution in [0.3, 0.4) is 0 Å². The van der Waals surface area contributed by atoms with Crippen molar-refractivity contribution < 1.29 is 62.6 Å². The van der Waals surface area contributed by atoms with Crippen LogP contribution in [0.25, 0.3) is 0 Å². The molecule has 3 heterocycles. The van der Waals surface area contributed by atoms with E-state index in [2.05, 4.69) is 16.0 Å². The zero-order valence-corrected chi connectivity index (χ0v) is 57.0. The third kappa shape index (κ3) is 21.2. The van der Waals surface area contributed by atoms with Crippen molar-refractivity contribution in [2.24, 2.45) is 41.4 Å². The van der Waals surface area contributed by atoms with Gasteiger partial charge in [-0.15, -0.1) is 0 Å². The lowest BCUT2D eigenvalue weighted by atomic mass is 9.83. The van der Waals surface area contributed by atoms with Gasteiger partial charge in [-0.1, -0.05) is 122 Å². The summed E-state index contributed by atoms with van der Waals surface area (Å²) in [5, 5.41) is 19.0. The number of Topliss-reactive ketones (excluding diaryl/α,β-unsaturated/α-hetero) is 4.